The number of tetrazole rings is 1. The summed E-state index contributed by atoms with van der Waals surface area (Å²) in [6.07, 6.45) is 5.95. The van der Waals surface area contributed by atoms with Crippen LogP contribution in [0.25, 0.3) is 5.69 Å². The molecule has 152 valence electrons. The minimum atomic E-state index is -0.453. The first kappa shape index (κ1) is 20.5. The lowest BCUT2D eigenvalue weighted by Gasteiger charge is -2.09. The van der Waals surface area contributed by atoms with Gasteiger partial charge in [0.15, 0.2) is 0 Å². The third-order valence-electron chi connectivity index (χ3n) is 4.12. The van der Waals surface area contributed by atoms with E-state index in [4.69, 9.17) is 4.74 Å². The number of hydrogen-bond acceptors (Lipinski definition) is 7. The number of nitrogens with zero attached hydrogens (tertiary/aromatic N) is 4. The average molecular weight is 414 g/mol. The van der Waals surface area contributed by atoms with Crippen molar-refractivity contribution in [3.05, 3.63) is 52.5 Å². The maximum atomic E-state index is 12.4. The molecule has 0 atom stereocenters. The van der Waals surface area contributed by atoms with Crippen molar-refractivity contribution in [1.29, 1.82) is 0 Å². The monoisotopic (exact) mass is 414 g/mol. The van der Waals surface area contributed by atoms with E-state index in [0.717, 1.165) is 12.8 Å². The van der Waals surface area contributed by atoms with Gasteiger partial charge in [-0.05, 0) is 52.6 Å². The first-order valence-corrected chi connectivity index (χ1v) is 10.2. The third kappa shape index (κ3) is 5.61. The SMILES string of the molecule is CCCCCCOc1ccc(C(=O)NNC(=O)c2sccc2-n2cnnn2)cc1. The molecule has 0 spiro atoms. The fourth-order valence-electron chi connectivity index (χ4n) is 2.59. The number of thiophene rings is 1. The van der Waals surface area contributed by atoms with Crippen LogP contribution in [0.15, 0.2) is 42.0 Å². The Kier molecular flexibility index (Phi) is 7.28. The number of aromatic nitrogens is 4. The Bertz CT molecular complexity index is 924. The molecular formula is C19H22N6O3S. The van der Waals surface area contributed by atoms with Gasteiger partial charge in [-0.1, -0.05) is 26.2 Å². The van der Waals surface area contributed by atoms with Crippen LogP contribution < -0.4 is 15.6 Å². The van der Waals surface area contributed by atoms with Gasteiger partial charge < -0.3 is 4.74 Å². The second kappa shape index (κ2) is 10.3. The molecule has 0 fully saturated rings. The van der Waals surface area contributed by atoms with Crippen molar-refractivity contribution in [2.24, 2.45) is 0 Å². The summed E-state index contributed by atoms with van der Waals surface area (Å²) in [5, 5.41) is 12.6. The van der Waals surface area contributed by atoms with E-state index in [9.17, 15) is 9.59 Å². The Balaban J connectivity index is 1.49. The first-order valence-electron chi connectivity index (χ1n) is 9.33. The number of hydrogen-bond donors (Lipinski definition) is 2. The molecule has 0 unspecified atom stereocenters. The summed E-state index contributed by atoms with van der Waals surface area (Å²) in [5.74, 6) is -0.161. The average Bonchev–Trinajstić information content (AvgIpc) is 3.43. The van der Waals surface area contributed by atoms with E-state index in [1.165, 1.54) is 35.2 Å². The summed E-state index contributed by atoms with van der Waals surface area (Å²) in [6, 6.07) is 8.51. The van der Waals surface area contributed by atoms with Crippen molar-refractivity contribution in [3.63, 3.8) is 0 Å². The van der Waals surface area contributed by atoms with Gasteiger partial charge in [0.25, 0.3) is 11.8 Å². The zero-order chi connectivity index (χ0) is 20.5. The van der Waals surface area contributed by atoms with Gasteiger partial charge in [0, 0.05) is 5.56 Å². The summed E-state index contributed by atoms with van der Waals surface area (Å²) in [4.78, 5) is 25.0. The van der Waals surface area contributed by atoms with Crippen LogP contribution in [-0.2, 0) is 0 Å². The minimum absolute atomic E-state index is 0.379. The van der Waals surface area contributed by atoms with Gasteiger partial charge in [-0.15, -0.1) is 16.4 Å². The van der Waals surface area contributed by atoms with Crippen LogP contribution in [0, 0.1) is 0 Å². The molecule has 2 N–H and O–H groups in total. The molecule has 2 amide bonds. The molecule has 29 heavy (non-hydrogen) atoms. The van der Waals surface area contributed by atoms with Crippen LogP contribution in [0.4, 0.5) is 0 Å². The van der Waals surface area contributed by atoms with Crippen LogP contribution in [-0.4, -0.2) is 38.6 Å². The quantitative estimate of drug-likeness (QED) is 0.411. The van der Waals surface area contributed by atoms with E-state index >= 15 is 0 Å². The molecule has 1 aromatic carbocycles. The van der Waals surface area contributed by atoms with Crippen LogP contribution in [0.5, 0.6) is 5.75 Å². The first-order chi connectivity index (χ1) is 14.2. The van der Waals surface area contributed by atoms with E-state index in [1.54, 1.807) is 35.7 Å². The Morgan fingerprint density at radius 1 is 1.07 bits per heavy atom. The van der Waals surface area contributed by atoms with Gasteiger partial charge in [0.05, 0.1) is 12.3 Å². The zero-order valence-corrected chi connectivity index (χ0v) is 16.8. The number of rotatable bonds is 9. The second-order valence-electron chi connectivity index (χ2n) is 6.23. The van der Waals surface area contributed by atoms with E-state index in [-0.39, 0.29) is 0 Å². The summed E-state index contributed by atoms with van der Waals surface area (Å²) < 4.78 is 7.05. The number of nitrogens with one attached hydrogen (secondary N) is 2. The molecule has 0 saturated heterocycles. The Hall–Kier alpha value is -3.27. The van der Waals surface area contributed by atoms with E-state index in [2.05, 4.69) is 33.3 Å². The van der Waals surface area contributed by atoms with Gasteiger partial charge in [0.2, 0.25) is 0 Å². The standard InChI is InChI=1S/C19H22N6O3S/c1-2-3-4-5-11-28-15-8-6-14(7-9-15)18(26)21-22-19(27)17-16(10-12-29-17)25-13-20-23-24-25/h6-10,12-13H,2-5,11H2,1H3,(H,21,26)(H,22,27). The summed E-state index contributed by atoms with van der Waals surface area (Å²) in [7, 11) is 0. The fourth-order valence-corrected chi connectivity index (χ4v) is 3.36. The van der Waals surface area contributed by atoms with Crippen molar-refractivity contribution in [1.82, 2.24) is 31.1 Å². The Labute approximate surface area is 172 Å². The van der Waals surface area contributed by atoms with Gasteiger partial charge in [-0.3, -0.25) is 20.4 Å². The zero-order valence-electron chi connectivity index (χ0n) is 16.0. The maximum Gasteiger partial charge on any atom is 0.281 e. The minimum Gasteiger partial charge on any atom is -0.494 e. The number of ether oxygens (including phenoxy) is 1. The van der Waals surface area contributed by atoms with Crippen molar-refractivity contribution in [2.75, 3.05) is 6.61 Å². The van der Waals surface area contributed by atoms with Crippen LogP contribution in [0.2, 0.25) is 0 Å². The highest BCUT2D eigenvalue weighted by molar-refractivity contribution is 7.12. The van der Waals surface area contributed by atoms with Gasteiger partial charge in [-0.2, -0.15) is 4.68 Å². The maximum absolute atomic E-state index is 12.4. The lowest BCUT2D eigenvalue weighted by molar-refractivity contribution is 0.0848. The van der Waals surface area contributed by atoms with E-state index in [0.29, 0.717) is 28.5 Å². The van der Waals surface area contributed by atoms with Crippen LogP contribution in [0.3, 0.4) is 0 Å². The molecule has 0 aliphatic rings. The predicted octanol–water partition coefficient (Wildman–Crippen LogP) is 2.76. The fraction of sp³-hybridized carbons (Fsp3) is 0.316. The largest absolute Gasteiger partial charge is 0.494 e. The molecule has 0 aliphatic heterocycles. The molecule has 2 heterocycles. The summed E-state index contributed by atoms with van der Waals surface area (Å²) in [6.45, 7) is 2.83. The van der Waals surface area contributed by atoms with Gasteiger partial charge in [-0.25, -0.2) is 0 Å². The highest BCUT2D eigenvalue weighted by Crippen LogP contribution is 2.19. The normalized spacial score (nSPS) is 10.5. The van der Waals surface area contributed by atoms with Crippen molar-refractivity contribution in [3.8, 4) is 11.4 Å². The van der Waals surface area contributed by atoms with Crippen LogP contribution in [0.1, 0.15) is 52.6 Å². The number of carbonyl (C=O) groups is 2. The molecule has 0 aliphatic carbocycles. The highest BCUT2D eigenvalue weighted by Gasteiger charge is 2.16. The molecule has 0 bridgehead atoms. The number of unbranched alkanes of at least 4 members (excludes halogenated alkanes) is 3. The molecular weight excluding hydrogens is 392 g/mol. The van der Waals surface area contributed by atoms with Gasteiger partial charge >= 0.3 is 0 Å². The number of hydrazine groups is 1. The molecule has 0 radical (unpaired) electrons. The third-order valence-corrected chi connectivity index (χ3v) is 5.02. The van der Waals surface area contributed by atoms with Crippen molar-refractivity contribution in [2.45, 2.75) is 32.6 Å². The van der Waals surface area contributed by atoms with E-state index < -0.39 is 11.8 Å². The lowest BCUT2D eigenvalue weighted by Crippen LogP contribution is -2.41. The summed E-state index contributed by atoms with van der Waals surface area (Å²) >= 11 is 1.22. The number of amides is 2. The smallest absolute Gasteiger partial charge is 0.281 e. The van der Waals surface area contributed by atoms with E-state index in [1.807, 2.05) is 0 Å². The van der Waals surface area contributed by atoms with Crippen LogP contribution >= 0.6 is 11.3 Å². The van der Waals surface area contributed by atoms with Gasteiger partial charge in [0.1, 0.15) is 17.0 Å². The topological polar surface area (TPSA) is 111 Å². The van der Waals surface area contributed by atoms with Crippen molar-refractivity contribution < 1.29 is 14.3 Å². The Morgan fingerprint density at radius 2 is 1.86 bits per heavy atom. The number of carbonyl (C=O) groups excluding carboxylic acids is 2. The molecule has 3 rings (SSSR count). The predicted molar refractivity (Wildman–Crippen MR) is 108 cm³/mol. The number of benzene rings is 1. The molecule has 9 nitrogen and oxygen atoms in total. The lowest BCUT2D eigenvalue weighted by atomic mass is 10.2. The highest BCUT2D eigenvalue weighted by atomic mass is 32.1. The second-order valence-corrected chi connectivity index (χ2v) is 7.15. The molecule has 3 aromatic rings. The van der Waals surface area contributed by atoms with Crippen molar-refractivity contribution >= 4 is 23.2 Å². The Morgan fingerprint density at radius 3 is 2.59 bits per heavy atom. The summed E-state index contributed by atoms with van der Waals surface area (Å²) in [5.41, 5.74) is 5.77. The molecule has 0 saturated carbocycles. The molecule has 10 heteroatoms. The molecule has 2 aromatic heterocycles.